The summed E-state index contributed by atoms with van der Waals surface area (Å²) in [6.45, 7) is 10.2. The van der Waals surface area contributed by atoms with Crippen LogP contribution in [0.4, 0.5) is 0 Å². The molecule has 0 aromatic rings. The number of carbonyl (C=O) groups is 1. The van der Waals surface area contributed by atoms with Gasteiger partial charge >= 0.3 is 0 Å². The third-order valence-corrected chi connectivity index (χ3v) is 2.99. The molecule has 1 aliphatic heterocycles. The zero-order chi connectivity index (χ0) is 10.8. The monoisotopic (exact) mass is 198 g/mol. The van der Waals surface area contributed by atoms with Crippen LogP contribution in [0.25, 0.3) is 0 Å². The molecule has 1 rings (SSSR count). The number of rotatable bonds is 2. The molecular formula is C11H22N2O. The van der Waals surface area contributed by atoms with E-state index < -0.39 is 0 Å². The van der Waals surface area contributed by atoms with Crippen molar-refractivity contribution in [3.8, 4) is 0 Å². The van der Waals surface area contributed by atoms with Crippen molar-refractivity contribution in [1.29, 1.82) is 0 Å². The molecule has 14 heavy (non-hydrogen) atoms. The number of nitrogens with zero attached hydrogens (tertiary/aromatic N) is 1. The summed E-state index contributed by atoms with van der Waals surface area (Å²) in [6.07, 6.45) is 1.64. The zero-order valence-corrected chi connectivity index (χ0v) is 9.76. The van der Waals surface area contributed by atoms with Crippen molar-refractivity contribution in [2.45, 2.75) is 52.1 Å². The Hall–Kier alpha value is -0.570. The average Bonchev–Trinajstić information content (AvgIpc) is 2.22. The molecule has 1 aliphatic rings. The van der Waals surface area contributed by atoms with Crippen LogP contribution in [0.3, 0.4) is 0 Å². The predicted molar refractivity (Wildman–Crippen MR) is 58.2 cm³/mol. The SMILES string of the molecule is CCC(C)N1CCNC(C)(C)CC1=O. The van der Waals surface area contributed by atoms with Crippen LogP contribution in [-0.4, -0.2) is 35.5 Å². The smallest absolute Gasteiger partial charge is 0.224 e. The van der Waals surface area contributed by atoms with Crippen LogP contribution in [0.1, 0.15) is 40.5 Å². The summed E-state index contributed by atoms with van der Waals surface area (Å²) >= 11 is 0. The Morgan fingerprint density at radius 1 is 1.57 bits per heavy atom. The maximum absolute atomic E-state index is 11.9. The summed E-state index contributed by atoms with van der Waals surface area (Å²) in [4.78, 5) is 13.9. The average molecular weight is 198 g/mol. The zero-order valence-electron chi connectivity index (χ0n) is 9.76. The van der Waals surface area contributed by atoms with Gasteiger partial charge in [0.25, 0.3) is 0 Å². The van der Waals surface area contributed by atoms with Crippen molar-refractivity contribution >= 4 is 5.91 Å². The quantitative estimate of drug-likeness (QED) is 0.727. The normalized spacial score (nSPS) is 24.6. The standard InChI is InChI=1S/C11H22N2O/c1-5-9(2)13-7-6-12-11(3,4)8-10(13)14/h9,12H,5-8H2,1-4H3. The van der Waals surface area contributed by atoms with Gasteiger partial charge < -0.3 is 10.2 Å². The second kappa shape index (κ2) is 4.30. The van der Waals surface area contributed by atoms with Gasteiger partial charge in [-0.2, -0.15) is 0 Å². The van der Waals surface area contributed by atoms with Gasteiger partial charge in [-0.25, -0.2) is 0 Å². The van der Waals surface area contributed by atoms with Crippen molar-refractivity contribution in [3.63, 3.8) is 0 Å². The first kappa shape index (κ1) is 11.5. The van der Waals surface area contributed by atoms with Crippen LogP contribution in [0.15, 0.2) is 0 Å². The van der Waals surface area contributed by atoms with E-state index >= 15 is 0 Å². The van der Waals surface area contributed by atoms with Crippen molar-refractivity contribution in [3.05, 3.63) is 0 Å². The van der Waals surface area contributed by atoms with Crippen molar-refractivity contribution in [2.24, 2.45) is 0 Å². The Labute approximate surface area is 86.9 Å². The second-order valence-electron chi connectivity index (χ2n) is 4.83. The van der Waals surface area contributed by atoms with E-state index in [9.17, 15) is 4.79 Å². The van der Waals surface area contributed by atoms with Gasteiger partial charge in [0, 0.05) is 31.1 Å². The fraction of sp³-hybridized carbons (Fsp3) is 0.909. The molecule has 1 N–H and O–H groups in total. The fourth-order valence-electron chi connectivity index (χ4n) is 1.87. The molecule has 3 heteroatoms. The van der Waals surface area contributed by atoms with E-state index in [1.807, 2.05) is 4.90 Å². The van der Waals surface area contributed by atoms with E-state index in [-0.39, 0.29) is 11.4 Å². The van der Waals surface area contributed by atoms with Gasteiger partial charge in [0.2, 0.25) is 5.91 Å². The second-order valence-corrected chi connectivity index (χ2v) is 4.83. The van der Waals surface area contributed by atoms with E-state index in [0.717, 1.165) is 19.5 Å². The third kappa shape index (κ3) is 2.71. The van der Waals surface area contributed by atoms with Gasteiger partial charge in [0.15, 0.2) is 0 Å². The van der Waals surface area contributed by atoms with Crippen LogP contribution >= 0.6 is 0 Å². The lowest BCUT2D eigenvalue weighted by Crippen LogP contribution is -2.40. The van der Waals surface area contributed by atoms with Gasteiger partial charge in [0.05, 0.1) is 0 Å². The molecule has 82 valence electrons. The molecule has 1 saturated heterocycles. The number of amides is 1. The predicted octanol–water partition coefficient (Wildman–Crippen LogP) is 1.39. The Kier molecular flexibility index (Phi) is 3.53. The number of nitrogens with one attached hydrogen (secondary N) is 1. The molecule has 0 aliphatic carbocycles. The molecule has 0 spiro atoms. The molecule has 1 heterocycles. The molecule has 0 bridgehead atoms. The van der Waals surface area contributed by atoms with Crippen LogP contribution in [-0.2, 0) is 4.79 Å². The van der Waals surface area contributed by atoms with Gasteiger partial charge in [-0.1, -0.05) is 6.92 Å². The summed E-state index contributed by atoms with van der Waals surface area (Å²) in [5, 5.41) is 3.40. The maximum Gasteiger partial charge on any atom is 0.224 e. The number of hydrogen-bond acceptors (Lipinski definition) is 2. The highest BCUT2D eigenvalue weighted by atomic mass is 16.2. The van der Waals surface area contributed by atoms with E-state index in [2.05, 4.69) is 33.0 Å². The first-order valence-electron chi connectivity index (χ1n) is 5.51. The van der Waals surface area contributed by atoms with E-state index in [1.165, 1.54) is 0 Å². The summed E-state index contributed by atoms with van der Waals surface area (Å²) in [6, 6.07) is 0.373. The molecule has 3 nitrogen and oxygen atoms in total. The Morgan fingerprint density at radius 3 is 2.79 bits per heavy atom. The summed E-state index contributed by atoms with van der Waals surface area (Å²) in [5.41, 5.74) is -0.0424. The lowest BCUT2D eigenvalue weighted by Gasteiger charge is -2.27. The molecule has 1 unspecified atom stereocenters. The lowest BCUT2D eigenvalue weighted by atomic mass is 10.0. The minimum absolute atomic E-state index is 0.0424. The van der Waals surface area contributed by atoms with Crippen LogP contribution in [0.5, 0.6) is 0 Å². The molecular weight excluding hydrogens is 176 g/mol. The number of carbonyl (C=O) groups excluding carboxylic acids is 1. The van der Waals surface area contributed by atoms with Gasteiger partial charge in [-0.3, -0.25) is 4.79 Å². The van der Waals surface area contributed by atoms with Crippen LogP contribution < -0.4 is 5.32 Å². The summed E-state index contributed by atoms with van der Waals surface area (Å²) < 4.78 is 0. The van der Waals surface area contributed by atoms with Crippen molar-refractivity contribution in [2.75, 3.05) is 13.1 Å². The molecule has 1 atom stereocenters. The first-order valence-corrected chi connectivity index (χ1v) is 5.51. The van der Waals surface area contributed by atoms with Crippen LogP contribution in [0.2, 0.25) is 0 Å². The van der Waals surface area contributed by atoms with Gasteiger partial charge in [-0.05, 0) is 27.2 Å². The summed E-state index contributed by atoms with van der Waals surface area (Å²) in [7, 11) is 0. The van der Waals surface area contributed by atoms with Gasteiger partial charge in [-0.15, -0.1) is 0 Å². The van der Waals surface area contributed by atoms with Crippen LogP contribution in [0, 0.1) is 0 Å². The fourth-order valence-corrected chi connectivity index (χ4v) is 1.87. The Morgan fingerprint density at radius 2 is 2.21 bits per heavy atom. The maximum atomic E-state index is 11.9. The molecule has 0 radical (unpaired) electrons. The highest BCUT2D eigenvalue weighted by Crippen LogP contribution is 2.16. The molecule has 1 amide bonds. The van der Waals surface area contributed by atoms with E-state index in [4.69, 9.17) is 0 Å². The molecule has 0 aromatic heterocycles. The topological polar surface area (TPSA) is 32.3 Å². The summed E-state index contributed by atoms with van der Waals surface area (Å²) in [5.74, 6) is 0.286. The highest BCUT2D eigenvalue weighted by molar-refractivity contribution is 5.78. The van der Waals surface area contributed by atoms with Gasteiger partial charge in [0.1, 0.15) is 0 Å². The first-order chi connectivity index (χ1) is 6.46. The molecule has 0 saturated carbocycles. The van der Waals surface area contributed by atoms with E-state index in [0.29, 0.717) is 12.5 Å². The minimum atomic E-state index is -0.0424. The largest absolute Gasteiger partial charge is 0.339 e. The number of hydrogen-bond donors (Lipinski definition) is 1. The lowest BCUT2D eigenvalue weighted by molar-refractivity contribution is -0.133. The van der Waals surface area contributed by atoms with Crippen molar-refractivity contribution in [1.82, 2.24) is 10.2 Å². The molecule has 0 aromatic carbocycles. The Bertz CT molecular complexity index is 213. The minimum Gasteiger partial charge on any atom is -0.339 e. The van der Waals surface area contributed by atoms with E-state index in [1.54, 1.807) is 0 Å². The Balaban J connectivity index is 2.67. The van der Waals surface area contributed by atoms with Crippen molar-refractivity contribution < 1.29 is 4.79 Å². The highest BCUT2D eigenvalue weighted by Gasteiger charge is 2.29. The molecule has 1 fully saturated rings. The third-order valence-electron chi connectivity index (χ3n) is 2.99.